The molecule has 0 aliphatic heterocycles. The number of hydrogen-bond donors (Lipinski definition) is 2. The molecule has 0 fully saturated rings. The van der Waals surface area contributed by atoms with Crippen molar-refractivity contribution in [3.8, 4) is 16.9 Å². The Kier molecular flexibility index (Phi) is 4.94. The summed E-state index contributed by atoms with van der Waals surface area (Å²) in [7, 11) is 0. The van der Waals surface area contributed by atoms with Gasteiger partial charge in [0.25, 0.3) is 5.69 Å². The number of benzene rings is 3. The summed E-state index contributed by atoms with van der Waals surface area (Å²) in [5.74, 6) is 5.16. The second-order valence-electron chi connectivity index (χ2n) is 5.80. The largest absolute Gasteiger partial charge is 0.507 e. The van der Waals surface area contributed by atoms with E-state index in [0.29, 0.717) is 23.1 Å². The van der Waals surface area contributed by atoms with Crippen molar-refractivity contribution in [3.05, 3.63) is 93.5 Å². The maximum Gasteiger partial charge on any atom is 0.277 e. The molecule has 0 unspecified atom stereocenters. The molecular weight excluding hydrogens is 330 g/mol. The number of aromatic hydroxyl groups is 1. The van der Waals surface area contributed by atoms with Crippen LogP contribution in [0.2, 0.25) is 0 Å². The van der Waals surface area contributed by atoms with E-state index in [-0.39, 0.29) is 11.4 Å². The van der Waals surface area contributed by atoms with Crippen LogP contribution in [0.3, 0.4) is 0 Å². The normalized spacial score (nSPS) is 10.9. The molecule has 3 N–H and O–H groups in total. The molecule has 0 saturated heterocycles. The number of nitro groups is 1. The highest BCUT2D eigenvalue weighted by atomic mass is 16.6. The highest BCUT2D eigenvalue weighted by Crippen LogP contribution is 2.38. The zero-order valence-electron chi connectivity index (χ0n) is 13.9. The molecular formula is C20H17N3O3. The minimum absolute atomic E-state index is 0.0738. The fraction of sp³-hybridized carbons (Fsp3) is 0.0500. The predicted octanol–water partition coefficient (Wildman–Crippen LogP) is 3.85. The number of phenolic OH excluding ortho intramolecular Hbond substituents is 1. The van der Waals surface area contributed by atoms with E-state index in [1.165, 1.54) is 12.3 Å². The van der Waals surface area contributed by atoms with E-state index in [2.05, 4.69) is 5.10 Å². The average Bonchev–Trinajstić information content (AvgIpc) is 2.65. The first kappa shape index (κ1) is 17.2. The van der Waals surface area contributed by atoms with Crippen molar-refractivity contribution >= 4 is 11.9 Å². The lowest BCUT2D eigenvalue weighted by atomic mass is 9.94. The van der Waals surface area contributed by atoms with Crippen LogP contribution in [0.1, 0.15) is 16.7 Å². The molecule has 26 heavy (non-hydrogen) atoms. The Morgan fingerprint density at radius 1 is 1.00 bits per heavy atom. The summed E-state index contributed by atoms with van der Waals surface area (Å²) in [6.07, 6.45) is 1.95. The number of para-hydroxylation sites is 1. The Hall–Kier alpha value is -3.67. The number of nitrogens with zero attached hydrogens (tertiary/aromatic N) is 2. The smallest absolute Gasteiger partial charge is 0.277 e. The zero-order valence-corrected chi connectivity index (χ0v) is 13.9. The molecule has 0 aliphatic rings. The van der Waals surface area contributed by atoms with Gasteiger partial charge in [-0.25, -0.2) is 0 Å². The highest BCUT2D eigenvalue weighted by molar-refractivity contribution is 5.90. The number of nitro benzene ring substituents is 1. The SMILES string of the molecule is NN=Cc1cc(Cc2ccccc2)cc(-c2ccccc2[N+](=O)[O-])c1O. The van der Waals surface area contributed by atoms with E-state index < -0.39 is 4.92 Å². The zero-order chi connectivity index (χ0) is 18.5. The van der Waals surface area contributed by atoms with E-state index in [1.54, 1.807) is 30.3 Å². The van der Waals surface area contributed by atoms with Crippen molar-refractivity contribution in [3.63, 3.8) is 0 Å². The van der Waals surface area contributed by atoms with Gasteiger partial charge >= 0.3 is 0 Å². The van der Waals surface area contributed by atoms with E-state index in [1.807, 2.05) is 30.3 Å². The van der Waals surface area contributed by atoms with E-state index in [9.17, 15) is 15.2 Å². The lowest BCUT2D eigenvalue weighted by Gasteiger charge is -2.12. The van der Waals surface area contributed by atoms with Crippen LogP contribution in [0.4, 0.5) is 5.69 Å². The average molecular weight is 347 g/mol. The molecule has 0 aliphatic carbocycles. The van der Waals surface area contributed by atoms with E-state index in [0.717, 1.165) is 11.1 Å². The summed E-state index contributed by atoms with van der Waals surface area (Å²) < 4.78 is 0. The molecule has 130 valence electrons. The van der Waals surface area contributed by atoms with Crippen LogP contribution in [0.5, 0.6) is 5.75 Å². The number of nitrogens with two attached hydrogens (primary N) is 1. The third-order valence-corrected chi connectivity index (χ3v) is 4.05. The summed E-state index contributed by atoms with van der Waals surface area (Å²) in [5.41, 5.74) is 3.03. The highest BCUT2D eigenvalue weighted by Gasteiger charge is 2.19. The van der Waals surface area contributed by atoms with Gasteiger partial charge in [-0.1, -0.05) is 42.5 Å². The molecule has 3 rings (SSSR count). The van der Waals surface area contributed by atoms with Gasteiger partial charge in [0.05, 0.1) is 16.7 Å². The van der Waals surface area contributed by atoms with Crippen LogP contribution in [0.15, 0.2) is 71.8 Å². The van der Waals surface area contributed by atoms with Crippen LogP contribution >= 0.6 is 0 Å². The van der Waals surface area contributed by atoms with Crippen molar-refractivity contribution in [2.24, 2.45) is 10.9 Å². The van der Waals surface area contributed by atoms with E-state index >= 15 is 0 Å². The molecule has 0 atom stereocenters. The van der Waals surface area contributed by atoms with Crippen molar-refractivity contribution in [2.75, 3.05) is 0 Å². The molecule has 6 heteroatoms. The Bertz CT molecular complexity index is 969. The van der Waals surface area contributed by atoms with Crippen LogP contribution in [0, 0.1) is 10.1 Å². The van der Waals surface area contributed by atoms with Crippen molar-refractivity contribution in [1.82, 2.24) is 0 Å². The van der Waals surface area contributed by atoms with Gasteiger partial charge < -0.3 is 10.9 Å². The van der Waals surface area contributed by atoms with Gasteiger partial charge in [0.15, 0.2) is 0 Å². The van der Waals surface area contributed by atoms with Crippen LogP contribution in [0.25, 0.3) is 11.1 Å². The lowest BCUT2D eigenvalue weighted by molar-refractivity contribution is -0.384. The van der Waals surface area contributed by atoms with Gasteiger partial charge in [-0.05, 0) is 35.7 Å². The first-order chi connectivity index (χ1) is 12.6. The van der Waals surface area contributed by atoms with Crippen molar-refractivity contribution in [2.45, 2.75) is 6.42 Å². The topological polar surface area (TPSA) is 102 Å². The monoisotopic (exact) mass is 347 g/mol. The molecule has 0 aromatic heterocycles. The van der Waals surface area contributed by atoms with Crippen LogP contribution < -0.4 is 5.84 Å². The van der Waals surface area contributed by atoms with Crippen LogP contribution in [-0.2, 0) is 6.42 Å². The summed E-state index contributed by atoms with van der Waals surface area (Å²) >= 11 is 0. The van der Waals surface area contributed by atoms with Gasteiger partial charge in [0.1, 0.15) is 5.75 Å². The van der Waals surface area contributed by atoms with E-state index in [4.69, 9.17) is 5.84 Å². The molecule has 0 amide bonds. The summed E-state index contributed by atoms with van der Waals surface area (Å²) in [5, 5.41) is 25.5. The Labute approximate surface area is 150 Å². The van der Waals surface area contributed by atoms with Crippen molar-refractivity contribution in [1.29, 1.82) is 0 Å². The molecule has 0 radical (unpaired) electrons. The minimum atomic E-state index is -0.463. The number of phenols is 1. The first-order valence-electron chi connectivity index (χ1n) is 7.97. The quantitative estimate of drug-likeness (QED) is 0.317. The molecule has 3 aromatic rings. The minimum Gasteiger partial charge on any atom is -0.507 e. The molecule has 0 spiro atoms. The lowest BCUT2D eigenvalue weighted by Crippen LogP contribution is -1.97. The summed E-state index contributed by atoms with van der Waals surface area (Å²) in [6, 6.07) is 19.7. The maximum absolute atomic E-state index is 11.4. The standard InChI is InChI=1S/C20H17N3O3/c21-22-13-16-11-15(10-14-6-2-1-3-7-14)12-18(20(16)24)17-8-4-5-9-19(17)23(25)26/h1-9,11-13,24H,10,21H2. The van der Waals surface area contributed by atoms with Gasteiger partial charge in [-0.3, -0.25) is 10.1 Å². The Balaban J connectivity index is 2.17. The summed E-state index contributed by atoms with van der Waals surface area (Å²) in [4.78, 5) is 10.9. The molecule has 0 heterocycles. The second-order valence-corrected chi connectivity index (χ2v) is 5.80. The fourth-order valence-electron chi connectivity index (χ4n) is 2.90. The number of hydrogen-bond acceptors (Lipinski definition) is 5. The van der Waals surface area contributed by atoms with Gasteiger partial charge in [0.2, 0.25) is 0 Å². The molecule has 0 saturated carbocycles. The number of rotatable bonds is 5. The third-order valence-electron chi connectivity index (χ3n) is 4.05. The summed E-state index contributed by atoms with van der Waals surface area (Å²) in [6.45, 7) is 0. The molecule has 6 nitrogen and oxygen atoms in total. The van der Waals surface area contributed by atoms with Gasteiger partial charge in [-0.2, -0.15) is 5.10 Å². The molecule has 3 aromatic carbocycles. The number of hydrazone groups is 1. The van der Waals surface area contributed by atoms with Gasteiger partial charge in [-0.15, -0.1) is 0 Å². The fourth-order valence-corrected chi connectivity index (χ4v) is 2.90. The Morgan fingerprint density at radius 3 is 2.38 bits per heavy atom. The van der Waals surface area contributed by atoms with Crippen LogP contribution in [-0.4, -0.2) is 16.2 Å². The third kappa shape index (κ3) is 3.54. The predicted molar refractivity (Wildman–Crippen MR) is 101 cm³/mol. The first-order valence-corrected chi connectivity index (χ1v) is 7.97. The van der Waals surface area contributed by atoms with Gasteiger partial charge in [0, 0.05) is 17.2 Å². The van der Waals surface area contributed by atoms with Crippen molar-refractivity contribution < 1.29 is 10.0 Å². The maximum atomic E-state index is 11.4. The molecule has 0 bridgehead atoms. The Morgan fingerprint density at radius 2 is 1.69 bits per heavy atom. The second kappa shape index (κ2) is 7.48.